The molecule has 6 nitrogen and oxygen atoms in total. The number of carbonyl (C=O) groups is 1. The Kier molecular flexibility index (Phi) is 7.14. The molecular formula is C23H25ClN4O2S. The third-order valence-electron chi connectivity index (χ3n) is 5.36. The van der Waals surface area contributed by atoms with E-state index in [0.29, 0.717) is 27.8 Å². The molecule has 0 spiro atoms. The molecule has 1 N–H and O–H groups in total. The fraction of sp³-hybridized carbons (Fsp3) is 0.348. The molecule has 162 valence electrons. The van der Waals surface area contributed by atoms with Gasteiger partial charge in [-0.25, -0.2) is 0 Å². The van der Waals surface area contributed by atoms with Crippen LogP contribution in [0.2, 0.25) is 5.02 Å². The van der Waals surface area contributed by atoms with Crippen molar-refractivity contribution in [2.45, 2.75) is 43.3 Å². The Morgan fingerprint density at radius 1 is 1.16 bits per heavy atom. The normalized spacial score (nSPS) is 14.4. The van der Waals surface area contributed by atoms with Gasteiger partial charge in [0.25, 0.3) is 0 Å². The van der Waals surface area contributed by atoms with Crippen LogP contribution in [0, 0.1) is 0 Å². The van der Waals surface area contributed by atoms with Gasteiger partial charge in [0.15, 0.2) is 11.0 Å². The summed E-state index contributed by atoms with van der Waals surface area (Å²) >= 11 is 7.76. The average molecular weight is 457 g/mol. The summed E-state index contributed by atoms with van der Waals surface area (Å²) in [5.74, 6) is 1.60. The summed E-state index contributed by atoms with van der Waals surface area (Å²) in [7, 11) is 1.58. The van der Waals surface area contributed by atoms with Crippen LogP contribution in [0.1, 0.15) is 32.1 Å². The molecule has 1 amide bonds. The number of nitrogens with zero attached hydrogens (tertiary/aromatic N) is 3. The van der Waals surface area contributed by atoms with Gasteiger partial charge in [0.2, 0.25) is 5.91 Å². The van der Waals surface area contributed by atoms with E-state index in [1.165, 1.54) is 31.0 Å². The van der Waals surface area contributed by atoms with E-state index in [1.807, 2.05) is 53.1 Å². The lowest BCUT2D eigenvalue weighted by Crippen LogP contribution is -2.37. The summed E-state index contributed by atoms with van der Waals surface area (Å²) in [6, 6.07) is 15.7. The molecule has 0 saturated heterocycles. The van der Waals surface area contributed by atoms with Crippen molar-refractivity contribution in [3.63, 3.8) is 0 Å². The smallest absolute Gasteiger partial charge is 0.230 e. The van der Waals surface area contributed by atoms with E-state index >= 15 is 0 Å². The van der Waals surface area contributed by atoms with E-state index in [1.54, 1.807) is 7.11 Å². The van der Waals surface area contributed by atoms with Gasteiger partial charge in [-0.05, 0) is 31.0 Å². The zero-order chi connectivity index (χ0) is 21.6. The predicted molar refractivity (Wildman–Crippen MR) is 124 cm³/mol. The van der Waals surface area contributed by atoms with Gasteiger partial charge in [-0.15, -0.1) is 10.2 Å². The minimum atomic E-state index is 0.0282. The molecule has 31 heavy (non-hydrogen) atoms. The number of aromatic nitrogens is 3. The van der Waals surface area contributed by atoms with Crippen LogP contribution in [0.25, 0.3) is 17.1 Å². The maximum absolute atomic E-state index is 12.5. The van der Waals surface area contributed by atoms with Crippen molar-refractivity contribution in [2.75, 3.05) is 12.9 Å². The number of amides is 1. The molecule has 1 aliphatic carbocycles. The van der Waals surface area contributed by atoms with E-state index in [0.717, 1.165) is 24.1 Å². The van der Waals surface area contributed by atoms with Crippen LogP contribution in [0.5, 0.6) is 5.75 Å². The monoisotopic (exact) mass is 456 g/mol. The van der Waals surface area contributed by atoms with Gasteiger partial charge < -0.3 is 10.1 Å². The highest BCUT2D eigenvalue weighted by atomic mass is 35.5. The molecule has 1 saturated carbocycles. The maximum atomic E-state index is 12.5. The van der Waals surface area contributed by atoms with Gasteiger partial charge in [-0.2, -0.15) is 0 Å². The number of methoxy groups -OCH3 is 1. The molecule has 0 radical (unpaired) electrons. The molecule has 0 atom stereocenters. The standard InChI is InChI=1S/C23H25ClN4O2S/c1-30-20-13-12-18(14-19(20)24)28-22(16-8-4-2-5-9-16)26-27-23(28)31-15-21(29)25-17-10-6-3-7-11-17/h2,4-5,8-9,12-14,17H,3,6-7,10-11,15H2,1H3,(H,25,29). The summed E-state index contributed by atoms with van der Waals surface area (Å²) in [6.45, 7) is 0. The van der Waals surface area contributed by atoms with Gasteiger partial charge in [0, 0.05) is 11.6 Å². The Bertz CT molecular complexity index is 1040. The Morgan fingerprint density at radius 3 is 2.65 bits per heavy atom. The first kappa shape index (κ1) is 21.7. The second-order valence-corrected chi connectivity index (χ2v) is 8.87. The average Bonchev–Trinajstić information content (AvgIpc) is 3.23. The Hall–Kier alpha value is -2.51. The van der Waals surface area contributed by atoms with Gasteiger partial charge in [-0.1, -0.05) is 73.0 Å². The van der Waals surface area contributed by atoms with Crippen LogP contribution < -0.4 is 10.1 Å². The van der Waals surface area contributed by atoms with E-state index in [9.17, 15) is 4.79 Å². The zero-order valence-electron chi connectivity index (χ0n) is 17.4. The SMILES string of the molecule is COc1ccc(-n2c(SCC(=O)NC3CCCCC3)nnc2-c2ccccc2)cc1Cl. The summed E-state index contributed by atoms with van der Waals surface area (Å²) in [4.78, 5) is 12.5. The first-order chi connectivity index (χ1) is 15.2. The van der Waals surface area contributed by atoms with Crippen LogP contribution >= 0.6 is 23.4 Å². The van der Waals surface area contributed by atoms with Crippen molar-refractivity contribution < 1.29 is 9.53 Å². The van der Waals surface area contributed by atoms with Crippen LogP contribution in [-0.2, 0) is 4.79 Å². The molecule has 1 aromatic heterocycles. The molecule has 0 unspecified atom stereocenters. The quantitative estimate of drug-likeness (QED) is 0.498. The summed E-state index contributed by atoms with van der Waals surface area (Å²) in [5.41, 5.74) is 1.74. The van der Waals surface area contributed by atoms with Crippen molar-refractivity contribution in [1.29, 1.82) is 0 Å². The van der Waals surface area contributed by atoms with Gasteiger partial charge >= 0.3 is 0 Å². The van der Waals surface area contributed by atoms with E-state index in [4.69, 9.17) is 16.3 Å². The lowest BCUT2D eigenvalue weighted by Gasteiger charge is -2.22. The van der Waals surface area contributed by atoms with Crippen molar-refractivity contribution in [2.24, 2.45) is 0 Å². The van der Waals surface area contributed by atoms with Gasteiger partial charge in [-0.3, -0.25) is 9.36 Å². The molecule has 3 aromatic rings. The lowest BCUT2D eigenvalue weighted by atomic mass is 9.95. The van der Waals surface area contributed by atoms with Crippen molar-refractivity contribution >= 4 is 29.3 Å². The lowest BCUT2D eigenvalue weighted by molar-refractivity contribution is -0.119. The number of carbonyl (C=O) groups excluding carboxylic acids is 1. The summed E-state index contributed by atoms with van der Waals surface area (Å²) < 4.78 is 7.21. The summed E-state index contributed by atoms with van der Waals surface area (Å²) in [5, 5.41) is 13.1. The zero-order valence-corrected chi connectivity index (χ0v) is 19.0. The van der Waals surface area contributed by atoms with Crippen molar-refractivity contribution in [3.8, 4) is 22.8 Å². The van der Waals surface area contributed by atoms with Crippen molar-refractivity contribution in [1.82, 2.24) is 20.1 Å². The second kappa shape index (κ2) is 10.2. The third-order valence-corrected chi connectivity index (χ3v) is 6.59. The Labute approximate surface area is 191 Å². The number of thioether (sulfide) groups is 1. The van der Waals surface area contributed by atoms with Crippen LogP contribution in [0.4, 0.5) is 0 Å². The fourth-order valence-corrected chi connectivity index (χ4v) is 4.83. The summed E-state index contributed by atoms with van der Waals surface area (Å²) in [6.07, 6.45) is 5.76. The number of halogens is 1. The number of ether oxygens (including phenoxy) is 1. The van der Waals surface area contributed by atoms with E-state index < -0.39 is 0 Å². The molecule has 8 heteroatoms. The molecule has 4 rings (SSSR count). The van der Waals surface area contributed by atoms with Crippen LogP contribution in [-0.4, -0.2) is 39.6 Å². The molecule has 1 heterocycles. The first-order valence-corrected chi connectivity index (χ1v) is 11.8. The fourth-order valence-electron chi connectivity index (χ4n) is 3.81. The highest BCUT2D eigenvalue weighted by Crippen LogP contribution is 2.32. The molecule has 1 fully saturated rings. The molecule has 0 aliphatic heterocycles. The number of hydrogen-bond acceptors (Lipinski definition) is 5. The number of nitrogens with one attached hydrogen (secondary N) is 1. The highest BCUT2D eigenvalue weighted by molar-refractivity contribution is 7.99. The Morgan fingerprint density at radius 2 is 1.94 bits per heavy atom. The van der Waals surface area contributed by atoms with Crippen LogP contribution in [0.15, 0.2) is 53.7 Å². The molecule has 0 bridgehead atoms. The van der Waals surface area contributed by atoms with E-state index in [-0.39, 0.29) is 11.7 Å². The van der Waals surface area contributed by atoms with Crippen molar-refractivity contribution in [3.05, 3.63) is 53.6 Å². The van der Waals surface area contributed by atoms with Gasteiger partial charge in [0.1, 0.15) is 5.75 Å². The largest absolute Gasteiger partial charge is 0.495 e. The van der Waals surface area contributed by atoms with Gasteiger partial charge in [0.05, 0.1) is 23.6 Å². The highest BCUT2D eigenvalue weighted by Gasteiger charge is 2.20. The minimum Gasteiger partial charge on any atom is -0.495 e. The van der Waals surface area contributed by atoms with E-state index in [2.05, 4.69) is 15.5 Å². The third kappa shape index (κ3) is 5.22. The number of hydrogen-bond donors (Lipinski definition) is 1. The Balaban J connectivity index is 1.59. The maximum Gasteiger partial charge on any atom is 0.230 e. The topological polar surface area (TPSA) is 69.0 Å². The number of benzene rings is 2. The molecule has 1 aliphatic rings. The predicted octanol–water partition coefficient (Wildman–Crippen LogP) is 5.14. The van der Waals surface area contributed by atoms with Crippen LogP contribution in [0.3, 0.4) is 0 Å². The number of rotatable bonds is 7. The minimum absolute atomic E-state index is 0.0282. The molecule has 2 aromatic carbocycles. The second-order valence-electron chi connectivity index (χ2n) is 7.52. The first-order valence-electron chi connectivity index (χ1n) is 10.4. The molecular weight excluding hydrogens is 432 g/mol.